The van der Waals surface area contributed by atoms with E-state index in [0.29, 0.717) is 18.1 Å². The number of fused-ring (bicyclic) bond motifs is 1. The van der Waals surface area contributed by atoms with Gasteiger partial charge in [-0.25, -0.2) is 4.98 Å². The first-order valence-corrected chi connectivity index (χ1v) is 6.18. The van der Waals surface area contributed by atoms with Crippen LogP contribution in [0.4, 0.5) is 5.82 Å². The summed E-state index contributed by atoms with van der Waals surface area (Å²) in [5, 5.41) is 3.22. The van der Waals surface area contributed by atoms with Crippen molar-refractivity contribution in [1.29, 1.82) is 0 Å². The van der Waals surface area contributed by atoms with Gasteiger partial charge in [-0.3, -0.25) is 0 Å². The predicted octanol–water partition coefficient (Wildman–Crippen LogP) is 1.26. The minimum Gasteiger partial charge on any atom is -0.389 e. The third-order valence-electron chi connectivity index (χ3n) is 2.91. The van der Waals surface area contributed by atoms with Crippen LogP contribution in [-0.2, 0) is 17.6 Å². The first kappa shape index (κ1) is 12.3. The molecule has 0 saturated carbocycles. The lowest BCUT2D eigenvalue weighted by Gasteiger charge is -2.12. The Balaban J connectivity index is 2.25. The van der Waals surface area contributed by atoms with E-state index < -0.39 is 0 Å². The molecule has 17 heavy (non-hydrogen) atoms. The average molecular weight is 251 g/mol. The van der Waals surface area contributed by atoms with E-state index in [2.05, 4.69) is 16.4 Å². The maximum atomic E-state index is 5.73. The van der Waals surface area contributed by atoms with E-state index in [1.54, 1.807) is 7.11 Å². The van der Waals surface area contributed by atoms with E-state index in [1.807, 2.05) is 0 Å². The summed E-state index contributed by atoms with van der Waals surface area (Å²) in [6.45, 7) is 1.34. The van der Waals surface area contributed by atoms with Crippen LogP contribution < -0.4 is 11.1 Å². The number of nitrogens with two attached hydrogens (primary N) is 1. The molecule has 0 radical (unpaired) electrons. The second-order valence-corrected chi connectivity index (χ2v) is 4.57. The zero-order valence-electron chi connectivity index (χ0n) is 9.95. The number of hydrogen-bond donors (Lipinski definition) is 2. The Labute approximate surface area is 107 Å². The lowest BCUT2D eigenvalue weighted by molar-refractivity contribution is 0.210. The first-order chi connectivity index (χ1) is 8.22. The summed E-state index contributed by atoms with van der Waals surface area (Å²) in [7, 11) is 1.67. The Kier molecular flexibility index (Phi) is 3.91. The van der Waals surface area contributed by atoms with Crippen molar-refractivity contribution in [3.05, 3.63) is 22.9 Å². The van der Waals surface area contributed by atoms with Crippen LogP contribution >= 0.6 is 12.2 Å². The Bertz CT molecular complexity index is 434. The molecule has 1 aliphatic rings. The first-order valence-electron chi connectivity index (χ1n) is 5.77. The van der Waals surface area contributed by atoms with Gasteiger partial charge < -0.3 is 15.8 Å². The van der Waals surface area contributed by atoms with Crippen LogP contribution in [0, 0.1) is 0 Å². The molecule has 0 saturated heterocycles. The topological polar surface area (TPSA) is 60.2 Å². The lowest BCUT2D eigenvalue weighted by Crippen LogP contribution is -2.17. The number of thiocarbonyl (C=S) groups is 1. The minimum absolute atomic E-state index is 0.395. The zero-order valence-corrected chi connectivity index (χ0v) is 10.8. The molecule has 0 aromatic carbocycles. The second kappa shape index (κ2) is 5.42. The van der Waals surface area contributed by atoms with Crippen molar-refractivity contribution >= 4 is 23.0 Å². The summed E-state index contributed by atoms with van der Waals surface area (Å²) >= 11 is 5.07. The van der Waals surface area contributed by atoms with Gasteiger partial charge in [-0.15, -0.1) is 0 Å². The maximum Gasteiger partial charge on any atom is 0.136 e. The highest BCUT2D eigenvalue weighted by Gasteiger charge is 2.17. The number of aromatic nitrogens is 1. The molecule has 0 amide bonds. The van der Waals surface area contributed by atoms with Crippen molar-refractivity contribution in [3.63, 3.8) is 0 Å². The molecule has 1 heterocycles. The lowest BCUT2D eigenvalue weighted by atomic mass is 10.1. The number of hydrogen-bond acceptors (Lipinski definition) is 4. The largest absolute Gasteiger partial charge is 0.389 e. The quantitative estimate of drug-likeness (QED) is 0.609. The van der Waals surface area contributed by atoms with Crippen LogP contribution in [0.15, 0.2) is 6.07 Å². The molecule has 3 N–H and O–H groups in total. The van der Waals surface area contributed by atoms with Crippen molar-refractivity contribution < 1.29 is 4.74 Å². The Morgan fingerprint density at radius 1 is 1.59 bits per heavy atom. The maximum absolute atomic E-state index is 5.73. The SMILES string of the molecule is COCCNc1nc2c(cc1C(N)=S)CCC2. The molecule has 1 aromatic heterocycles. The van der Waals surface area contributed by atoms with Gasteiger partial charge in [0.25, 0.3) is 0 Å². The molecule has 0 spiro atoms. The van der Waals surface area contributed by atoms with Crippen LogP contribution in [0.5, 0.6) is 0 Å². The Morgan fingerprint density at radius 3 is 3.12 bits per heavy atom. The van der Waals surface area contributed by atoms with Gasteiger partial charge in [-0.1, -0.05) is 12.2 Å². The molecule has 0 aliphatic heterocycles. The monoisotopic (exact) mass is 251 g/mol. The summed E-state index contributed by atoms with van der Waals surface area (Å²) < 4.78 is 5.00. The standard InChI is InChI=1S/C12H17N3OS/c1-16-6-5-14-12-9(11(13)17)7-8-3-2-4-10(8)15-12/h7H,2-6H2,1H3,(H2,13,17)(H,14,15). The number of rotatable bonds is 5. The molecular weight excluding hydrogens is 234 g/mol. The summed E-state index contributed by atoms with van der Waals surface area (Å²) in [5.41, 5.74) is 9.03. The Morgan fingerprint density at radius 2 is 2.41 bits per heavy atom. The van der Waals surface area contributed by atoms with Crippen molar-refractivity contribution in [2.45, 2.75) is 19.3 Å². The third-order valence-corrected chi connectivity index (χ3v) is 3.13. The molecule has 1 aliphatic carbocycles. The van der Waals surface area contributed by atoms with E-state index in [-0.39, 0.29) is 0 Å². The molecule has 92 valence electrons. The number of methoxy groups -OCH3 is 1. The Hall–Kier alpha value is -1.20. The summed E-state index contributed by atoms with van der Waals surface area (Å²) in [6, 6.07) is 2.08. The highest BCUT2D eigenvalue weighted by Crippen LogP contribution is 2.25. The van der Waals surface area contributed by atoms with E-state index in [0.717, 1.165) is 24.2 Å². The zero-order chi connectivity index (χ0) is 12.3. The van der Waals surface area contributed by atoms with Crippen molar-refractivity contribution in [3.8, 4) is 0 Å². The minimum atomic E-state index is 0.395. The van der Waals surface area contributed by atoms with Gasteiger partial charge in [-0.05, 0) is 30.9 Å². The smallest absolute Gasteiger partial charge is 0.136 e. The van der Waals surface area contributed by atoms with Crippen molar-refractivity contribution in [2.75, 3.05) is 25.6 Å². The highest BCUT2D eigenvalue weighted by molar-refractivity contribution is 7.80. The molecule has 5 heteroatoms. The number of nitrogens with one attached hydrogen (secondary N) is 1. The number of ether oxygens (including phenoxy) is 1. The summed E-state index contributed by atoms with van der Waals surface area (Å²) in [4.78, 5) is 5.01. The fraction of sp³-hybridized carbons (Fsp3) is 0.500. The van der Waals surface area contributed by atoms with Gasteiger partial charge in [0.05, 0.1) is 12.2 Å². The molecular formula is C12H17N3OS. The normalized spacial score (nSPS) is 13.5. The molecule has 0 bridgehead atoms. The van der Waals surface area contributed by atoms with Gasteiger partial charge in [-0.2, -0.15) is 0 Å². The third kappa shape index (κ3) is 2.73. The van der Waals surface area contributed by atoms with Gasteiger partial charge in [0.1, 0.15) is 10.8 Å². The van der Waals surface area contributed by atoms with Gasteiger partial charge in [0, 0.05) is 19.3 Å². The fourth-order valence-corrected chi connectivity index (χ4v) is 2.22. The molecule has 4 nitrogen and oxygen atoms in total. The number of nitrogens with zero attached hydrogens (tertiary/aromatic N) is 1. The van der Waals surface area contributed by atoms with Crippen molar-refractivity contribution in [2.24, 2.45) is 5.73 Å². The number of aryl methyl sites for hydroxylation is 2. The molecule has 0 atom stereocenters. The van der Waals surface area contributed by atoms with Crippen LogP contribution in [0.1, 0.15) is 23.2 Å². The van der Waals surface area contributed by atoms with E-state index >= 15 is 0 Å². The summed E-state index contributed by atoms with van der Waals surface area (Å²) in [5.74, 6) is 0.787. The van der Waals surface area contributed by atoms with E-state index in [9.17, 15) is 0 Å². The molecule has 2 rings (SSSR count). The average Bonchev–Trinajstić information content (AvgIpc) is 2.75. The van der Waals surface area contributed by atoms with E-state index in [4.69, 9.17) is 22.7 Å². The van der Waals surface area contributed by atoms with Gasteiger partial charge >= 0.3 is 0 Å². The highest BCUT2D eigenvalue weighted by atomic mass is 32.1. The fourth-order valence-electron chi connectivity index (χ4n) is 2.07. The van der Waals surface area contributed by atoms with Gasteiger partial charge in [0.15, 0.2) is 0 Å². The number of pyridine rings is 1. The number of anilines is 1. The predicted molar refractivity (Wildman–Crippen MR) is 72.5 cm³/mol. The van der Waals surface area contributed by atoms with Crippen LogP contribution in [0.25, 0.3) is 0 Å². The molecule has 0 unspecified atom stereocenters. The van der Waals surface area contributed by atoms with Crippen LogP contribution in [-0.4, -0.2) is 30.2 Å². The second-order valence-electron chi connectivity index (χ2n) is 4.13. The van der Waals surface area contributed by atoms with Crippen LogP contribution in [0.3, 0.4) is 0 Å². The van der Waals surface area contributed by atoms with E-state index in [1.165, 1.54) is 17.7 Å². The molecule has 0 fully saturated rings. The molecule has 1 aromatic rings. The van der Waals surface area contributed by atoms with Crippen LogP contribution in [0.2, 0.25) is 0 Å². The van der Waals surface area contributed by atoms with Crippen molar-refractivity contribution in [1.82, 2.24) is 4.98 Å². The summed E-state index contributed by atoms with van der Waals surface area (Å²) in [6.07, 6.45) is 3.29. The van der Waals surface area contributed by atoms with Gasteiger partial charge in [0.2, 0.25) is 0 Å².